The molecular weight excluding hydrogens is 212 g/mol. The minimum absolute atomic E-state index is 0.0583. The molecule has 0 aliphatic rings. The number of hydrogen-bond donors (Lipinski definition) is 1. The molecule has 0 aliphatic heterocycles. The smallest absolute Gasteiger partial charge is 0.123 e. The van der Waals surface area contributed by atoms with Gasteiger partial charge in [0, 0.05) is 16.0 Å². The number of halogens is 1. The van der Waals surface area contributed by atoms with Crippen LogP contribution in [0.15, 0.2) is 12.1 Å². The van der Waals surface area contributed by atoms with Crippen molar-refractivity contribution in [2.45, 2.75) is 26.2 Å². The fourth-order valence-corrected chi connectivity index (χ4v) is 1.60. The van der Waals surface area contributed by atoms with Crippen molar-refractivity contribution >= 4 is 11.6 Å². The van der Waals surface area contributed by atoms with Crippen molar-refractivity contribution in [3.8, 4) is 5.75 Å². The predicted octanol–water partition coefficient (Wildman–Crippen LogP) is 2.93. The number of ether oxygens (including phenoxy) is 1. The van der Waals surface area contributed by atoms with Crippen LogP contribution in [0.25, 0.3) is 0 Å². The van der Waals surface area contributed by atoms with Crippen molar-refractivity contribution in [2.24, 2.45) is 0 Å². The Labute approximate surface area is 95.8 Å². The van der Waals surface area contributed by atoms with Crippen molar-refractivity contribution in [2.75, 3.05) is 13.7 Å². The second-order valence-corrected chi connectivity index (χ2v) is 4.75. The van der Waals surface area contributed by atoms with Gasteiger partial charge in [0.1, 0.15) is 5.75 Å². The summed E-state index contributed by atoms with van der Waals surface area (Å²) in [6.45, 7) is 5.90. The van der Waals surface area contributed by atoms with E-state index in [2.05, 4.69) is 0 Å². The Balaban J connectivity index is 3.34. The van der Waals surface area contributed by atoms with Crippen LogP contribution in [-0.2, 0) is 5.41 Å². The Hall–Kier alpha value is -0.730. The lowest BCUT2D eigenvalue weighted by Gasteiger charge is -2.25. The lowest BCUT2D eigenvalue weighted by atomic mass is 9.84. The topological polar surface area (TPSA) is 29.5 Å². The molecule has 0 heterocycles. The molecule has 0 saturated heterocycles. The maximum absolute atomic E-state index is 9.33. The van der Waals surface area contributed by atoms with Gasteiger partial charge in [0.25, 0.3) is 0 Å². The lowest BCUT2D eigenvalue weighted by molar-refractivity contribution is 0.215. The summed E-state index contributed by atoms with van der Waals surface area (Å²) in [5, 5.41) is 10.0. The third-order valence-corrected chi connectivity index (χ3v) is 3.01. The van der Waals surface area contributed by atoms with Crippen molar-refractivity contribution in [3.63, 3.8) is 0 Å². The second kappa shape index (κ2) is 4.42. The number of aliphatic hydroxyl groups is 1. The first kappa shape index (κ1) is 12.3. The van der Waals surface area contributed by atoms with E-state index in [0.29, 0.717) is 5.02 Å². The molecule has 0 atom stereocenters. The van der Waals surface area contributed by atoms with Gasteiger partial charge in [0.15, 0.2) is 0 Å². The number of aryl methyl sites for hydroxylation is 1. The summed E-state index contributed by atoms with van der Waals surface area (Å²) in [5.41, 5.74) is 1.57. The third kappa shape index (κ3) is 2.44. The van der Waals surface area contributed by atoms with Crippen LogP contribution in [0.3, 0.4) is 0 Å². The van der Waals surface area contributed by atoms with Crippen molar-refractivity contribution in [3.05, 3.63) is 28.3 Å². The van der Waals surface area contributed by atoms with Crippen LogP contribution in [0.2, 0.25) is 5.02 Å². The molecule has 1 N–H and O–H groups in total. The quantitative estimate of drug-likeness (QED) is 0.862. The summed E-state index contributed by atoms with van der Waals surface area (Å²) in [4.78, 5) is 0. The average Bonchev–Trinajstić information content (AvgIpc) is 2.21. The highest BCUT2D eigenvalue weighted by Gasteiger charge is 2.24. The fraction of sp³-hybridized carbons (Fsp3) is 0.500. The third-order valence-electron chi connectivity index (χ3n) is 2.61. The molecule has 15 heavy (non-hydrogen) atoms. The molecule has 0 unspecified atom stereocenters. The van der Waals surface area contributed by atoms with Crippen molar-refractivity contribution in [1.29, 1.82) is 0 Å². The molecule has 0 saturated carbocycles. The molecule has 0 amide bonds. The Kier molecular flexibility index (Phi) is 3.63. The van der Waals surface area contributed by atoms with Gasteiger partial charge in [-0.25, -0.2) is 0 Å². The molecular formula is C12H17ClO2. The summed E-state index contributed by atoms with van der Waals surface area (Å²) >= 11 is 6.07. The summed E-state index contributed by atoms with van der Waals surface area (Å²) in [5.74, 6) is 0.774. The molecule has 2 nitrogen and oxygen atoms in total. The fourth-order valence-electron chi connectivity index (χ4n) is 1.44. The van der Waals surface area contributed by atoms with Gasteiger partial charge < -0.3 is 9.84 Å². The molecule has 0 aromatic heterocycles. The Bertz CT molecular complexity index is 359. The average molecular weight is 229 g/mol. The van der Waals surface area contributed by atoms with Gasteiger partial charge in [-0.2, -0.15) is 0 Å². The molecule has 1 rings (SSSR count). The normalized spacial score (nSPS) is 11.6. The Morgan fingerprint density at radius 2 is 2.00 bits per heavy atom. The van der Waals surface area contributed by atoms with Crippen LogP contribution in [0.1, 0.15) is 25.0 Å². The predicted molar refractivity (Wildman–Crippen MR) is 62.9 cm³/mol. The molecule has 1 aromatic carbocycles. The largest absolute Gasteiger partial charge is 0.496 e. The maximum Gasteiger partial charge on any atom is 0.123 e. The van der Waals surface area contributed by atoms with E-state index in [4.69, 9.17) is 16.3 Å². The van der Waals surface area contributed by atoms with E-state index in [0.717, 1.165) is 16.9 Å². The van der Waals surface area contributed by atoms with Gasteiger partial charge in [0.2, 0.25) is 0 Å². The molecule has 0 spiro atoms. The first-order chi connectivity index (χ1) is 6.92. The molecule has 3 heteroatoms. The van der Waals surface area contributed by atoms with Crippen LogP contribution in [-0.4, -0.2) is 18.8 Å². The van der Waals surface area contributed by atoms with Gasteiger partial charge in [0.05, 0.1) is 13.7 Å². The van der Waals surface area contributed by atoms with Gasteiger partial charge in [-0.15, -0.1) is 0 Å². The van der Waals surface area contributed by atoms with Crippen LogP contribution in [0, 0.1) is 6.92 Å². The zero-order valence-corrected chi connectivity index (χ0v) is 10.4. The molecule has 0 aliphatic carbocycles. The zero-order chi connectivity index (χ0) is 11.6. The van der Waals surface area contributed by atoms with E-state index in [1.54, 1.807) is 7.11 Å². The first-order valence-electron chi connectivity index (χ1n) is 4.88. The van der Waals surface area contributed by atoms with Crippen LogP contribution in [0.5, 0.6) is 5.75 Å². The standard InChI is InChI=1S/C12H17ClO2/c1-8-5-11(15-4)9(6-10(8)13)12(2,3)7-14/h5-6,14H,7H2,1-4H3. The summed E-state index contributed by atoms with van der Waals surface area (Å²) < 4.78 is 5.30. The number of methoxy groups -OCH3 is 1. The summed E-state index contributed by atoms with van der Waals surface area (Å²) in [7, 11) is 1.62. The molecule has 84 valence electrons. The number of benzene rings is 1. The van der Waals surface area contributed by atoms with Crippen molar-refractivity contribution < 1.29 is 9.84 Å². The highest BCUT2D eigenvalue weighted by molar-refractivity contribution is 6.31. The number of aliphatic hydroxyl groups excluding tert-OH is 1. The van der Waals surface area contributed by atoms with Crippen LogP contribution in [0.4, 0.5) is 0 Å². The zero-order valence-electron chi connectivity index (χ0n) is 9.60. The number of hydrogen-bond acceptors (Lipinski definition) is 2. The minimum atomic E-state index is -0.345. The molecule has 1 aromatic rings. The van der Waals surface area contributed by atoms with E-state index < -0.39 is 0 Å². The van der Waals surface area contributed by atoms with Gasteiger partial charge >= 0.3 is 0 Å². The van der Waals surface area contributed by atoms with Gasteiger partial charge in [-0.05, 0) is 24.6 Å². The SMILES string of the molecule is COc1cc(C)c(Cl)cc1C(C)(C)CO. The Morgan fingerprint density at radius 3 is 2.47 bits per heavy atom. The Morgan fingerprint density at radius 1 is 1.40 bits per heavy atom. The van der Waals surface area contributed by atoms with Crippen molar-refractivity contribution in [1.82, 2.24) is 0 Å². The van der Waals surface area contributed by atoms with Gasteiger partial charge in [-0.1, -0.05) is 25.4 Å². The molecule has 0 bridgehead atoms. The first-order valence-corrected chi connectivity index (χ1v) is 5.25. The minimum Gasteiger partial charge on any atom is -0.496 e. The monoisotopic (exact) mass is 228 g/mol. The van der Waals surface area contributed by atoms with E-state index in [1.807, 2.05) is 32.9 Å². The molecule has 0 fully saturated rings. The second-order valence-electron chi connectivity index (χ2n) is 4.34. The van der Waals surface area contributed by atoms with E-state index >= 15 is 0 Å². The molecule has 0 radical (unpaired) electrons. The maximum atomic E-state index is 9.33. The number of rotatable bonds is 3. The van der Waals surface area contributed by atoms with Gasteiger partial charge in [-0.3, -0.25) is 0 Å². The summed E-state index contributed by atoms with van der Waals surface area (Å²) in [6, 6.07) is 3.76. The highest BCUT2D eigenvalue weighted by Crippen LogP contribution is 2.35. The lowest BCUT2D eigenvalue weighted by Crippen LogP contribution is -2.23. The van der Waals surface area contributed by atoms with E-state index in [1.165, 1.54) is 0 Å². The van der Waals surface area contributed by atoms with Crippen LogP contribution >= 0.6 is 11.6 Å². The van der Waals surface area contributed by atoms with Crippen LogP contribution < -0.4 is 4.74 Å². The summed E-state index contributed by atoms with van der Waals surface area (Å²) in [6.07, 6.45) is 0. The van der Waals surface area contributed by atoms with E-state index in [-0.39, 0.29) is 12.0 Å². The highest BCUT2D eigenvalue weighted by atomic mass is 35.5. The van der Waals surface area contributed by atoms with E-state index in [9.17, 15) is 5.11 Å².